The van der Waals surface area contributed by atoms with E-state index in [4.69, 9.17) is 0 Å². The number of hydrogen-bond acceptors (Lipinski definition) is 1. The molecule has 1 heterocycles. The summed E-state index contributed by atoms with van der Waals surface area (Å²) < 4.78 is 2.30. The van der Waals surface area contributed by atoms with Gasteiger partial charge in [-0.2, -0.15) is 0 Å². The molecule has 2 heteroatoms. The van der Waals surface area contributed by atoms with Gasteiger partial charge in [0.1, 0.15) is 0 Å². The summed E-state index contributed by atoms with van der Waals surface area (Å²) in [6, 6.07) is 13.4. The highest BCUT2D eigenvalue weighted by Crippen LogP contribution is 2.21. The van der Waals surface area contributed by atoms with Crippen LogP contribution < -0.4 is 5.32 Å². The first-order valence-electron chi connectivity index (χ1n) is 7.63. The Morgan fingerprint density at radius 1 is 1.10 bits per heavy atom. The van der Waals surface area contributed by atoms with Crippen LogP contribution in [0.4, 0.5) is 0 Å². The van der Waals surface area contributed by atoms with Gasteiger partial charge in [0, 0.05) is 25.0 Å². The Morgan fingerprint density at radius 2 is 1.85 bits per heavy atom. The van der Waals surface area contributed by atoms with Crippen LogP contribution in [-0.2, 0) is 13.0 Å². The van der Waals surface area contributed by atoms with E-state index in [9.17, 15) is 0 Å². The summed E-state index contributed by atoms with van der Waals surface area (Å²) in [7, 11) is 0. The quantitative estimate of drug-likeness (QED) is 0.803. The van der Waals surface area contributed by atoms with Crippen LogP contribution in [0.15, 0.2) is 48.8 Å². The summed E-state index contributed by atoms with van der Waals surface area (Å²) >= 11 is 0. The number of nitrogens with zero attached hydrogens (tertiary/aromatic N) is 1. The molecule has 1 aromatic carbocycles. The van der Waals surface area contributed by atoms with Gasteiger partial charge >= 0.3 is 0 Å². The third-order valence-corrected chi connectivity index (χ3v) is 3.72. The summed E-state index contributed by atoms with van der Waals surface area (Å²) in [6.07, 6.45) is 5.57. The van der Waals surface area contributed by atoms with Crippen molar-refractivity contribution in [3.8, 4) is 0 Å². The van der Waals surface area contributed by atoms with Crippen molar-refractivity contribution in [2.45, 2.75) is 39.8 Å². The first-order chi connectivity index (χ1) is 9.70. The van der Waals surface area contributed by atoms with E-state index in [1.165, 1.54) is 11.1 Å². The second-order valence-electron chi connectivity index (χ2n) is 5.70. The van der Waals surface area contributed by atoms with E-state index in [2.05, 4.69) is 79.4 Å². The van der Waals surface area contributed by atoms with Gasteiger partial charge in [-0.1, -0.05) is 51.1 Å². The number of aromatic nitrogens is 1. The highest BCUT2D eigenvalue weighted by atomic mass is 15.0. The molecule has 108 valence electrons. The average Bonchev–Trinajstić information content (AvgIpc) is 2.92. The van der Waals surface area contributed by atoms with Gasteiger partial charge in [-0.05, 0) is 36.1 Å². The van der Waals surface area contributed by atoms with Crippen LogP contribution >= 0.6 is 0 Å². The average molecular weight is 270 g/mol. The van der Waals surface area contributed by atoms with Gasteiger partial charge in [-0.3, -0.25) is 0 Å². The Balaban J connectivity index is 1.98. The maximum atomic E-state index is 3.57. The second-order valence-corrected chi connectivity index (χ2v) is 5.70. The number of nitrogens with one attached hydrogen (secondary N) is 1. The van der Waals surface area contributed by atoms with Gasteiger partial charge < -0.3 is 9.88 Å². The predicted octanol–water partition coefficient (Wildman–Crippen LogP) is 4.04. The lowest BCUT2D eigenvalue weighted by atomic mass is 9.98. The van der Waals surface area contributed by atoms with Crippen LogP contribution in [0.3, 0.4) is 0 Å². The molecule has 1 aromatic heterocycles. The molecule has 0 aliphatic heterocycles. The van der Waals surface area contributed by atoms with Gasteiger partial charge in [0.25, 0.3) is 0 Å². The van der Waals surface area contributed by atoms with Crippen LogP contribution in [-0.4, -0.2) is 11.1 Å². The van der Waals surface area contributed by atoms with Crippen molar-refractivity contribution in [2.75, 3.05) is 6.54 Å². The Labute approximate surface area is 122 Å². The molecule has 0 saturated carbocycles. The van der Waals surface area contributed by atoms with Crippen molar-refractivity contribution in [1.82, 2.24) is 9.88 Å². The fraction of sp³-hybridized carbons (Fsp3) is 0.444. The van der Waals surface area contributed by atoms with E-state index in [-0.39, 0.29) is 0 Å². The van der Waals surface area contributed by atoms with Crippen molar-refractivity contribution >= 4 is 0 Å². The van der Waals surface area contributed by atoms with E-state index in [1.54, 1.807) is 0 Å². The second kappa shape index (κ2) is 7.30. The van der Waals surface area contributed by atoms with Gasteiger partial charge in [0.2, 0.25) is 0 Å². The molecule has 2 rings (SSSR count). The lowest BCUT2D eigenvalue weighted by molar-refractivity contribution is 0.421. The lowest BCUT2D eigenvalue weighted by Crippen LogP contribution is -2.25. The third-order valence-electron chi connectivity index (χ3n) is 3.72. The van der Waals surface area contributed by atoms with Crippen LogP contribution in [0.2, 0.25) is 0 Å². The minimum Gasteiger partial charge on any atom is -0.354 e. The Morgan fingerprint density at radius 3 is 2.50 bits per heavy atom. The molecule has 0 radical (unpaired) electrons. The standard InChI is InChI=1S/C18H26N2/c1-4-19-18(15(2)3)17-11-13-20(14-17)12-10-16-8-6-5-7-9-16/h5-9,11,13-15,18-19H,4,10,12H2,1-3H3. The molecule has 2 aromatic rings. The molecule has 1 atom stereocenters. The third kappa shape index (κ3) is 3.97. The normalized spacial score (nSPS) is 12.8. The summed E-state index contributed by atoms with van der Waals surface area (Å²) in [5, 5.41) is 3.57. The number of rotatable bonds is 7. The molecule has 0 aliphatic rings. The van der Waals surface area contributed by atoms with Crippen molar-refractivity contribution in [3.63, 3.8) is 0 Å². The van der Waals surface area contributed by atoms with Crippen LogP contribution in [0, 0.1) is 5.92 Å². The zero-order valence-electron chi connectivity index (χ0n) is 12.8. The first-order valence-corrected chi connectivity index (χ1v) is 7.63. The van der Waals surface area contributed by atoms with Gasteiger partial charge in [-0.25, -0.2) is 0 Å². The fourth-order valence-corrected chi connectivity index (χ4v) is 2.64. The topological polar surface area (TPSA) is 17.0 Å². The number of benzene rings is 1. The summed E-state index contributed by atoms with van der Waals surface area (Å²) in [6.45, 7) is 8.77. The molecule has 0 saturated heterocycles. The molecule has 20 heavy (non-hydrogen) atoms. The molecule has 0 amide bonds. The van der Waals surface area contributed by atoms with E-state index >= 15 is 0 Å². The van der Waals surface area contributed by atoms with Crippen molar-refractivity contribution < 1.29 is 0 Å². The minimum absolute atomic E-state index is 0.456. The molecule has 0 spiro atoms. The maximum Gasteiger partial charge on any atom is 0.0358 e. The summed E-state index contributed by atoms with van der Waals surface area (Å²) in [5.74, 6) is 0.611. The lowest BCUT2D eigenvalue weighted by Gasteiger charge is -2.20. The first kappa shape index (κ1) is 14.9. The maximum absolute atomic E-state index is 3.57. The van der Waals surface area contributed by atoms with Crippen molar-refractivity contribution in [1.29, 1.82) is 0 Å². The largest absolute Gasteiger partial charge is 0.354 e. The molecular weight excluding hydrogens is 244 g/mol. The molecule has 1 N–H and O–H groups in total. The smallest absolute Gasteiger partial charge is 0.0358 e. The van der Waals surface area contributed by atoms with Gasteiger partial charge in [0.05, 0.1) is 0 Å². The zero-order chi connectivity index (χ0) is 14.4. The number of hydrogen-bond donors (Lipinski definition) is 1. The predicted molar refractivity (Wildman–Crippen MR) is 85.8 cm³/mol. The molecule has 0 fully saturated rings. The summed E-state index contributed by atoms with van der Waals surface area (Å²) in [4.78, 5) is 0. The monoisotopic (exact) mass is 270 g/mol. The summed E-state index contributed by atoms with van der Waals surface area (Å²) in [5.41, 5.74) is 2.80. The van der Waals surface area contributed by atoms with E-state index in [0.29, 0.717) is 12.0 Å². The molecule has 0 aliphatic carbocycles. The highest BCUT2D eigenvalue weighted by Gasteiger charge is 2.15. The van der Waals surface area contributed by atoms with E-state index < -0.39 is 0 Å². The van der Waals surface area contributed by atoms with Crippen LogP contribution in [0.1, 0.15) is 37.9 Å². The Bertz CT molecular complexity index is 499. The Hall–Kier alpha value is -1.54. The fourth-order valence-electron chi connectivity index (χ4n) is 2.64. The van der Waals surface area contributed by atoms with Crippen LogP contribution in [0.5, 0.6) is 0 Å². The van der Waals surface area contributed by atoms with Crippen LogP contribution in [0.25, 0.3) is 0 Å². The molecule has 1 unspecified atom stereocenters. The van der Waals surface area contributed by atoms with E-state index in [1.807, 2.05) is 0 Å². The Kier molecular flexibility index (Phi) is 5.42. The van der Waals surface area contributed by atoms with Crippen molar-refractivity contribution in [2.24, 2.45) is 5.92 Å². The minimum atomic E-state index is 0.456. The van der Waals surface area contributed by atoms with Gasteiger partial charge in [0.15, 0.2) is 0 Å². The number of aryl methyl sites for hydroxylation is 2. The zero-order valence-corrected chi connectivity index (χ0v) is 12.8. The van der Waals surface area contributed by atoms with Gasteiger partial charge in [-0.15, -0.1) is 0 Å². The highest BCUT2D eigenvalue weighted by molar-refractivity contribution is 5.18. The van der Waals surface area contributed by atoms with E-state index in [0.717, 1.165) is 19.5 Å². The SMILES string of the molecule is CCNC(c1ccn(CCc2ccccc2)c1)C(C)C. The molecular formula is C18H26N2. The molecule has 0 bridgehead atoms. The van der Waals surface area contributed by atoms with Crippen molar-refractivity contribution in [3.05, 3.63) is 59.9 Å². The molecule has 2 nitrogen and oxygen atoms in total.